The minimum Gasteiger partial charge on any atom is -0.494 e. The van der Waals surface area contributed by atoms with Gasteiger partial charge in [0.25, 0.3) is 0 Å². The third kappa shape index (κ3) is 4.29. The summed E-state index contributed by atoms with van der Waals surface area (Å²) >= 11 is 0. The average molecular weight is 433 g/mol. The van der Waals surface area contributed by atoms with Gasteiger partial charge in [0.1, 0.15) is 5.75 Å². The molecule has 1 aliphatic heterocycles. The zero-order valence-electron chi connectivity index (χ0n) is 19.9. The Labute approximate surface area is 194 Å². The Morgan fingerprint density at radius 1 is 0.750 bits per heavy atom. The lowest BCUT2D eigenvalue weighted by Gasteiger charge is -2.55. The molecule has 1 saturated heterocycles. The molecule has 2 aromatic carbocycles. The molecular formula is C29H40N2O. The summed E-state index contributed by atoms with van der Waals surface area (Å²) in [6, 6.07) is 20.0. The summed E-state index contributed by atoms with van der Waals surface area (Å²) in [5, 5.41) is 0. The van der Waals surface area contributed by atoms with E-state index in [0.717, 1.165) is 38.5 Å². The lowest BCUT2D eigenvalue weighted by molar-refractivity contribution is -0.0139. The number of nitrogens with zero attached hydrogens (tertiary/aromatic N) is 2. The van der Waals surface area contributed by atoms with Gasteiger partial charge in [0, 0.05) is 37.4 Å². The Morgan fingerprint density at radius 3 is 2.16 bits per heavy atom. The Kier molecular flexibility index (Phi) is 6.46. The topological polar surface area (TPSA) is 15.7 Å². The fourth-order valence-electron chi connectivity index (χ4n) is 6.86. The Bertz CT molecular complexity index is 856. The van der Waals surface area contributed by atoms with Crippen molar-refractivity contribution in [1.82, 2.24) is 4.90 Å². The molecule has 3 aliphatic rings. The first-order chi connectivity index (χ1) is 15.7. The van der Waals surface area contributed by atoms with Crippen molar-refractivity contribution in [3.63, 3.8) is 0 Å². The molecule has 0 bridgehead atoms. The second kappa shape index (κ2) is 9.47. The minimum absolute atomic E-state index is 0.165. The van der Waals surface area contributed by atoms with Crippen LogP contribution in [0.15, 0.2) is 54.6 Å². The van der Waals surface area contributed by atoms with Crippen molar-refractivity contribution < 1.29 is 4.74 Å². The van der Waals surface area contributed by atoms with Gasteiger partial charge in [0.15, 0.2) is 0 Å². The molecular weight excluding hydrogens is 392 g/mol. The molecule has 2 aliphatic carbocycles. The maximum atomic E-state index is 5.93. The van der Waals surface area contributed by atoms with E-state index in [2.05, 4.69) is 71.3 Å². The van der Waals surface area contributed by atoms with Crippen LogP contribution in [0.1, 0.15) is 70.3 Å². The summed E-state index contributed by atoms with van der Waals surface area (Å²) in [5.41, 5.74) is 3.65. The van der Waals surface area contributed by atoms with Gasteiger partial charge in [-0.15, -0.1) is 0 Å². The monoisotopic (exact) mass is 432 g/mol. The van der Waals surface area contributed by atoms with E-state index in [9.17, 15) is 0 Å². The molecule has 0 N–H and O–H groups in total. The molecule has 0 unspecified atom stereocenters. The largest absolute Gasteiger partial charge is 0.494 e. The van der Waals surface area contributed by atoms with Gasteiger partial charge in [-0.25, -0.2) is 0 Å². The van der Waals surface area contributed by atoms with Crippen molar-refractivity contribution >= 4 is 5.69 Å². The molecule has 3 nitrogen and oxygen atoms in total. The fraction of sp³-hybridized carbons (Fsp3) is 0.586. The van der Waals surface area contributed by atoms with Crippen LogP contribution < -0.4 is 9.64 Å². The van der Waals surface area contributed by atoms with Gasteiger partial charge in [-0.05, 0) is 80.7 Å². The van der Waals surface area contributed by atoms with Crippen LogP contribution in [-0.2, 0) is 5.54 Å². The number of hydrogen-bond donors (Lipinski definition) is 0. The van der Waals surface area contributed by atoms with Gasteiger partial charge in [-0.3, -0.25) is 4.90 Å². The summed E-state index contributed by atoms with van der Waals surface area (Å²) in [4.78, 5) is 5.40. The van der Waals surface area contributed by atoms with Gasteiger partial charge < -0.3 is 9.64 Å². The van der Waals surface area contributed by atoms with E-state index in [0.29, 0.717) is 5.41 Å². The number of hydrogen-bond acceptors (Lipinski definition) is 3. The van der Waals surface area contributed by atoms with Crippen molar-refractivity contribution in [2.45, 2.75) is 70.3 Å². The Balaban J connectivity index is 1.39. The Hall–Kier alpha value is -2.00. The molecule has 2 aromatic rings. The molecule has 3 fully saturated rings. The molecule has 1 spiro atoms. The second-order valence-electron chi connectivity index (χ2n) is 10.4. The van der Waals surface area contributed by atoms with E-state index in [1.54, 1.807) is 0 Å². The van der Waals surface area contributed by atoms with Crippen LogP contribution in [0.3, 0.4) is 0 Å². The molecule has 172 valence electrons. The number of para-hydroxylation sites is 1. The molecule has 2 saturated carbocycles. The van der Waals surface area contributed by atoms with Crippen molar-refractivity contribution in [1.29, 1.82) is 0 Å². The van der Waals surface area contributed by atoms with Crippen LogP contribution in [0.5, 0.6) is 5.75 Å². The van der Waals surface area contributed by atoms with Crippen molar-refractivity contribution in [3.8, 4) is 5.75 Å². The summed E-state index contributed by atoms with van der Waals surface area (Å²) < 4.78 is 5.93. The quantitative estimate of drug-likeness (QED) is 0.527. The van der Waals surface area contributed by atoms with Crippen molar-refractivity contribution in [3.05, 3.63) is 60.2 Å². The zero-order valence-corrected chi connectivity index (χ0v) is 19.9. The number of benzene rings is 2. The van der Waals surface area contributed by atoms with E-state index in [1.165, 1.54) is 69.0 Å². The van der Waals surface area contributed by atoms with E-state index in [-0.39, 0.29) is 5.54 Å². The first-order valence-electron chi connectivity index (χ1n) is 13.0. The zero-order chi connectivity index (χ0) is 21.9. The molecule has 1 heterocycles. The molecule has 3 heteroatoms. The van der Waals surface area contributed by atoms with Crippen LogP contribution in [0, 0.1) is 5.41 Å². The van der Waals surface area contributed by atoms with Gasteiger partial charge in [0.2, 0.25) is 0 Å². The van der Waals surface area contributed by atoms with Crippen LogP contribution in [0.25, 0.3) is 0 Å². The van der Waals surface area contributed by atoms with Gasteiger partial charge in [-0.1, -0.05) is 49.6 Å². The summed E-state index contributed by atoms with van der Waals surface area (Å²) in [6.07, 6.45) is 12.7. The number of anilines is 1. The third-order valence-electron chi connectivity index (χ3n) is 8.74. The van der Waals surface area contributed by atoms with Gasteiger partial charge >= 0.3 is 0 Å². The molecule has 0 radical (unpaired) electrons. The van der Waals surface area contributed by atoms with Crippen molar-refractivity contribution in [2.24, 2.45) is 5.41 Å². The standard InChI is InChI=1S/C29H40N2O/c1-2-32-27-13-9-10-25(24-27)29(18-16-28(17-19-29)14-7-4-8-15-28)31-22-20-30(21-23-31)26-11-5-3-6-12-26/h3,5-6,9-13,24H,2,4,7-8,14-23H2,1H3. The highest BCUT2D eigenvalue weighted by Gasteiger charge is 2.47. The van der Waals surface area contributed by atoms with Crippen molar-refractivity contribution in [2.75, 3.05) is 37.7 Å². The number of piperazine rings is 1. The predicted octanol–water partition coefficient (Wildman–Crippen LogP) is 6.63. The predicted molar refractivity (Wildman–Crippen MR) is 134 cm³/mol. The highest BCUT2D eigenvalue weighted by atomic mass is 16.5. The third-order valence-corrected chi connectivity index (χ3v) is 8.74. The van der Waals surface area contributed by atoms with Gasteiger partial charge in [0.05, 0.1) is 6.61 Å². The lowest BCUT2D eigenvalue weighted by atomic mass is 9.59. The van der Waals surface area contributed by atoms with E-state index in [1.807, 2.05) is 0 Å². The van der Waals surface area contributed by atoms with E-state index < -0.39 is 0 Å². The smallest absolute Gasteiger partial charge is 0.119 e. The SMILES string of the molecule is CCOc1cccc(C2(N3CCN(c4ccccc4)CC3)CCC3(CCCCC3)CC2)c1. The molecule has 32 heavy (non-hydrogen) atoms. The summed E-state index contributed by atoms with van der Waals surface area (Å²) in [7, 11) is 0. The maximum absolute atomic E-state index is 5.93. The van der Waals surface area contributed by atoms with E-state index >= 15 is 0 Å². The Morgan fingerprint density at radius 2 is 1.47 bits per heavy atom. The van der Waals surface area contributed by atoms with Crippen LogP contribution in [0.2, 0.25) is 0 Å². The molecule has 0 atom stereocenters. The van der Waals surface area contributed by atoms with Gasteiger partial charge in [-0.2, -0.15) is 0 Å². The first-order valence-corrected chi connectivity index (χ1v) is 13.0. The number of ether oxygens (including phenoxy) is 1. The molecule has 0 aromatic heterocycles. The molecule has 5 rings (SSSR count). The van der Waals surface area contributed by atoms with E-state index in [4.69, 9.17) is 4.74 Å². The minimum atomic E-state index is 0.165. The first kappa shape index (κ1) is 21.8. The molecule has 0 amide bonds. The normalized spacial score (nSPS) is 23.2. The lowest BCUT2D eigenvalue weighted by Crippen LogP contribution is -2.57. The van der Waals surface area contributed by atoms with Crippen LogP contribution in [-0.4, -0.2) is 37.7 Å². The average Bonchev–Trinajstić information content (AvgIpc) is 2.86. The number of rotatable bonds is 5. The second-order valence-corrected chi connectivity index (χ2v) is 10.4. The highest BCUT2D eigenvalue weighted by molar-refractivity contribution is 5.46. The summed E-state index contributed by atoms with van der Waals surface area (Å²) in [5.74, 6) is 1.03. The highest BCUT2D eigenvalue weighted by Crippen LogP contribution is 2.54. The fourth-order valence-corrected chi connectivity index (χ4v) is 6.86. The van der Waals surface area contributed by atoms with Crippen LogP contribution >= 0.6 is 0 Å². The summed E-state index contributed by atoms with van der Waals surface area (Å²) in [6.45, 7) is 7.32. The maximum Gasteiger partial charge on any atom is 0.119 e. The van der Waals surface area contributed by atoms with Crippen LogP contribution in [0.4, 0.5) is 5.69 Å².